The monoisotopic (exact) mass is 579 g/mol. The maximum Gasteiger partial charge on any atom is 0.251 e. The minimum atomic E-state index is -3.71. The molecule has 1 amide bonds. The number of anilines is 1. The number of carbonyl (C=O) groups excluding carboxylic acids is 1. The van der Waals surface area contributed by atoms with Gasteiger partial charge in [-0.3, -0.25) is 9.10 Å². The van der Waals surface area contributed by atoms with Crippen molar-refractivity contribution in [2.24, 2.45) is 5.73 Å². The highest BCUT2D eigenvalue weighted by atomic mass is 32.2. The molecule has 11 heteroatoms. The summed E-state index contributed by atoms with van der Waals surface area (Å²) in [6.07, 6.45) is 0.444. The van der Waals surface area contributed by atoms with Crippen LogP contribution in [0.3, 0.4) is 0 Å². The first-order chi connectivity index (χ1) is 19.3. The van der Waals surface area contributed by atoms with Crippen LogP contribution in [0.2, 0.25) is 0 Å². The Hall–Kier alpha value is -4.09. The highest BCUT2D eigenvalue weighted by Crippen LogP contribution is 2.31. The van der Waals surface area contributed by atoms with Crippen molar-refractivity contribution in [2.75, 3.05) is 11.4 Å². The van der Waals surface area contributed by atoms with E-state index in [2.05, 4.69) is 15.5 Å². The number of hydrogen-bond donors (Lipinski definition) is 2. The molecule has 0 aliphatic rings. The molecule has 1 heterocycles. The van der Waals surface area contributed by atoms with Crippen LogP contribution in [0.15, 0.2) is 77.2 Å². The minimum Gasteiger partial charge on any atom is -0.419 e. The Morgan fingerprint density at radius 2 is 1.71 bits per heavy atom. The Kier molecular flexibility index (Phi) is 8.60. The van der Waals surface area contributed by atoms with Gasteiger partial charge in [0, 0.05) is 18.2 Å². The van der Waals surface area contributed by atoms with Gasteiger partial charge in [-0.05, 0) is 75.6 Å². The number of hydrogen-bond acceptors (Lipinski definition) is 7. The average Bonchev–Trinajstić information content (AvgIpc) is 3.45. The van der Waals surface area contributed by atoms with E-state index in [9.17, 15) is 17.6 Å². The van der Waals surface area contributed by atoms with Crippen LogP contribution in [0.4, 0.5) is 10.1 Å². The number of nitrogens with one attached hydrogen (secondary N) is 1. The van der Waals surface area contributed by atoms with Gasteiger partial charge >= 0.3 is 0 Å². The summed E-state index contributed by atoms with van der Waals surface area (Å²) in [4.78, 5) is 13.4. The second-order valence-corrected chi connectivity index (χ2v) is 13.1. The van der Waals surface area contributed by atoms with E-state index in [4.69, 9.17) is 10.2 Å². The van der Waals surface area contributed by atoms with Crippen LogP contribution in [0.5, 0.6) is 0 Å². The molecule has 4 aromatic rings. The van der Waals surface area contributed by atoms with Crippen molar-refractivity contribution in [1.82, 2.24) is 15.5 Å². The molecule has 0 fully saturated rings. The quantitative estimate of drug-likeness (QED) is 0.272. The molecule has 216 valence electrons. The number of benzene rings is 3. The fourth-order valence-electron chi connectivity index (χ4n) is 4.29. The summed E-state index contributed by atoms with van der Waals surface area (Å²) >= 11 is 0. The normalized spacial score (nSPS) is 14.0. The van der Waals surface area contributed by atoms with Crippen molar-refractivity contribution in [1.29, 1.82) is 0 Å². The number of sulfonamides is 1. The standard InChI is InChI=1S/C30H34FN5O4S/c1-19(2)41(38,39)36(5)26-16-23(27(37)33-20(3)22-11-13-25(31)14-12-22)15-24(17-26)28-34-35-29(40-28)30(4,32)18-21-9-7-6-8-10-21/h6-17,19-20H,18,32H2,1-5H3,(H,33,37)/t20-,30+/m1/s1. The molecule has 0 unspecified atom stereocenters. The maximum atomic E-state index is 13.4. The lowest BCUT2D eigenvalue weighted by Gasteiger charge is -2.23. The van der Waals surface area contributed by atoms with Gasteiger partial charge in [0.25, 0.3) is 5.91 Å². The first-order valence-electron chi connectivity index (χ1n) is 13.1. The molecule has 1 aromatic heterocycles. The van der Waals surface area contributed by atoms with Crippen LogP contribution in [0.25, 0.3) is 11.5 Å². The predicted molar refractivity (Wildman–Crippen MR) is 156 cm³/mol. The van der Waals surface area contributed by atoms with Crippen molar-refractivity contribution >= 4 is 21.6 Å². The van der Waals surface area contributed by atoms with Crippen molar-refractivity contribution in [3.05, 3.63) is 101 Å². The molecule has 41 heavy (non-hydrogen) atoms. The predicted octanol–water partition coefficient (Wildman–Crippen LogP) is 4.96. The zero-order chi connectivity index (χ0) is 29.9. The van der Waals surface area contributed by atoms with Gasteiger partial charge in [0.2, 0.25) is 21.8 Å². The van der Waals surface area contributed by atoms with Gasteiger partial charge in [-0.2, -0.15) is 0 Å². The van der Waals surface area contributed by atoms with Crippen LogP contribution in [-0.4, -0.2) is 36.8 Å². The van der Waals surface area contributed by atoms with E-state index < -0.39 is 32.8 Å². The first kappa shape index (κ1) is 29.9. The Morgan fingerprint density at radius 1 is 1.05 bits per heavy atom. The van der Waals surface area contributed by atoms with Crippen molar-refractivity contribution in [2.45, 2.75) is 50.9 Å². The summed E-state index contributed by atoms with van der Waals surface area (Å²) in [5, 5.41) is 10.5. The molecule has 9 nitrogen and oxygen atoms in total. The van der Waals surface area contributed by atoms with Crippen LogP contribution in [0.1, 0.15) is 61.1 Å². The van der Waals surface area contributed by atoms with Crippen molar-refractivity contribution in [3.8, 4) is 11.5 Å². The lowest BCUT2D eigenvalue weighted by atomic mass is 9.94. The second kappa shape index (κ2) is 11.8. The molecule has 0 spiro atoms. The summed E-state index contributed by atoms with van der Waals surface area (Å²) in [6, 6.07) is 19.6. The molecule has 0 aliphatic carbocycles. The van der Waals surface area contributed by atoms with Crippen LogP contribution < -0.4 is 15.4 Å². The summed E-state index contributed by atoms with van der Waals surface area (Å²) in [6.45, 7) is 6.70. The third kappa shape index (κ3) is 6.80. The minimum absolute atomic E-state index is 0.0857. The van der Waals surface area contributed by atoms with Gasteiger partial charge in [0.1, 0.15) is 5.82 Å². The van der Waals surface area contributed by atoms with E-state index in [1.165, 1.54) is 25.2 Å². The fourth-order valence-corrected chi connectivity index (χ4v) is 5.32. The fraction of sp³-hybridized carbons (Fsp3) is 0.300. The van der Waals surface area contributed by atoms with Crippen molar-refractivity contribution in [3.63, 3.8) is 0 Å². The number of aromatic nitrogens is 2. The molecule has 2 atom stereocenters. The van der Waals surface area contributed by atoms with Gasteiger partial charge in [-0.15, -0.1) is 10.2 Å². The van der Waals surface area contributed by atoms with Gasteiger partial charge in [0.15, 0.2) is 0 Å². The Morgan fingerprint density at radius 3 is 2.34 bits per heavy atom. The summed E-state index contributed by atoms with van der Waals surface area (Å²) in [5.74, 6) is -0.563. The Balaban J connectivity index is 1.70. The van der Waals surface area contributed by atoms with E-state index in [0.717, 1.165) is 9.87 Å². The zero-order valence-corrected chi connectivity index (χ0v) is 24.4. The second-order valence-electron chi connectivity index (χ2n) is 10.6. The van der Waals surface area contributed by atoms with Gasteiger partial charge in [-0.25, -0.2) is 12.8 Å². The molecular formula is C30H34FN5O4S. The van der Waals surface area contributed by atoms with Gasteiger partial charge in [0.05, 0.1) is 22.5 Å². The molecule has 0 bridgehead atoms. The van der Waals surface area contributed by atoms with E-state index in [1.54, 1.807) is 52.0 Å². The third-order valence-corrected chi connectivity index (χ3v) is 8.98. The van der Waals surface area contributed by atoms with E-state index in [-0.39, 0.29) is 28.8 Å². The molecule has 0 saturated heterocycles. The van der Waals surface area contributed by atoms with E-state index in [0.29, 0.717) is 17.5 Å². The van der Waals surface area contributed by atoms with Gasteiger partial charge < -0.3 is 15.5 Å². The zero-order valence-electron chi connectivity index (χ0n) is 23.6. The number of carbonyl (C=O) groups is 1. The molecule has 4 rings (SSSR count). The molecule has 0 saturated carbocycles. The highest BCUT2D eigenvalue weighted by Gasteiger charge is 2.30. The number of nitrogens with zero attached hydrogens (tertiary/aromatic N) is 3. The third-order valence-electron chi connectivity index (χ3n) is 6.81. The average molecular weight is 580 g/mol. The number of halogens is 1. The number of rotatable bonds is 10. The molecular weight excluding hydrogens is 545 g/mol. The van der Waals surface area contributed by atoms with E-state index >= 15 is 0 Å². The van der Waals surface area contributed by atoms with Crippen LogP contribution >= 0.6 is 0 Å². The van der Waals surface area contributed by atoms with Gasteiger partial charge in [-0.1, -0.05) is 42.5 Å². The molecule has 0 aliphatic heterocycles. The highest BCUT2D eigenvalue weighted by molar-refractivity contribution is 7.93. The first-order valence-corrected chi connectivity index (χ1v) is 14.6. The van der Waals surface area contributed by atoms with Crippen LogP contribution in [-0.2, 0) is 22.0 Å². The van der Waals surface area contributed by atoms with E-state index in [1.807, 2.05) is 30.3 Å². The number of amides is 1. The van der Waals surface area contributed by atoms with Crippen LogP contribution in [0, 0.1) is 5.82 Å². The van der Waals surface area contributed by atoms with Crippen molar-refractivity contribution < 1.29 is 22.0 Å². The summed E-state index contributed by atoms with van der Waals surface area (Å²) < 4.78 is 46.5. The Bertz CT molecular complexity index is 1620. The molecule has 3 N–H and O–H groups in total. The lowest BCUT2D eigenvalue weighted by Crippen LogP contribution is -2.35. The molecule has 0 radical (unpaired) electrons. The Labute approximate surface area is 239 Å². The summed E-state index contributed by atoms with van der Waals surface area (Å²) in [7, 11) is -2.29. The SMILES string of the molecule is CC(C)S(=O)(=O)N(C)c1cc(C(=O)N[C@H](C)c2ccc(F)cc2)cc(-c2nnc([C@@](C)(N)Cc3ccccc3)o2)c1. The maximum absolute atomic E-state index is 13.4. The number of nitrogens with two attached hydrogens (primary N) is 1. The molecule has 3 aromatic carbocycles. The smallest absolute Gasteiger partial charge is 0.251 e. The summed E-state index contributed by atoms with van der Waals surface area (Å²) in [5.41, 5.74) is 8.05. The topological polar surface area (TPSA) is 131 Å². The lowest BCUT2D eigenvalue weighted by molar-refractivity contribution is 0.0940. The largest absolute Gasteiger partial charge is 0.419 e.